The number of nitrogens with one attached hydrogen (secondary N) is 1. The van der Waals surface area contributed by atoms with Gasteiger partial charge >= 0.3 is 0 Å². The fraction of sp³-hybridized carbons (Fsp3) is 0.818. The minimum absolute atomic E-state index is 0.699. The van der Waals surface area contributed by atoms with E-state index >= 15 is 0 Å². The van der Waals surface area contributed by atoms with Gasteiger partial charge in [0.25, 0.3) is 0 Å². The molecule has 1 aromatic heterocycles. The maximum absolute atomic E-state index is 3.93. The Labute approximate surface area is 91.1 Å². The highest BCUT2D eigenvalue weighted by molar-refractivity contribution is 4.94. The molecule has 2 atom stereocenters. The van der Waals surface area contributed by atoms with Crippen molar-refractivity contribution in [3.05, 3.63) is 11.9 Å². The first-order chi connectivity index (χ1) is 7.31. The van der Waals surface area contributed by atoms with E-state index in [-0.39, 0.29) is 0 Å². The maximum Gasteiger partial charge on any atom is 0.0738 e. The highest BCUT2D eigenvalue weighted by atomic mass is 15.4. The van der Waals surface area contributed by atoms with Gasteiger partial charge in [-0.1, -0.05) is 25.0 Å². The van der Waals surface area contributed by atoms with Crippen LogP contribution in [-0.2, 0) is 13.6 Å². The van der Waals surface area contributed by atoms with Gasteiger partial charge in [0, 0.05) is 19.6 Å². The monoisotopic (exact) mass is 208 g/mol. The van der Waals surface area contributed by atoms with E-state index in [1.807, 2.05) is 17.9 Å². The summed E-state index contributed by atoms with van der Waals surface area (Å²) in [6.07, 6.45) is 7.21. The molecule has 0 radical (unpaired) electrons. The molecule has 2 rings (SSSR count). The second-order valence-electron chi connectivity index (χ2n) is 4.44. The zero-order valence-corrected chi connectivity index (χ0v) is 9.61. The third-order valence-electron chi connectivity index (χ3n) is 3.54. The number of aromatic nitrogens is 3. The number of hydrogen-bond acceptors (Lipinski definition) is 3. The predicted molar refractivity (Wildman–Crippen MR) is 59.3 cm³/mol. The third-order valence-corrected chi connectivity index (χ3v) is 3.54. The molecule has 0 saturated heterocycles. The van der Waals surface area contributed by atoms with Crippen molar-refractivity contribution in [1.29, 1.82) is 0 Å². The summed E-state index contributed by atoms with van der Waals surface area (Å²) < 4.78 is 1.84. The fourth-order valence-corrected chi connectivity index (χ4v) is 2.50. The lowest BCUT2D eigenvalue weighted by Gasteiger charge is -2.19. The van der Waals surface area contributed by atoms with E-state index < -0.39 is 0 Å². The zero-order chi connectivity index (χ0) is 10.7. The Morgan fingerprint density at radius 2 is 2.40 bits per heavy atom. The lowest BCUT2D eigenvalue weighted by Crippen LogP contribution is -2.32. The first-order valence-electron chi connectivity index (χ1n) is 5.88. The van der Waals surface area contributed by atoms with Gasteiger partial charge in [0.15, 0.2) is 0 Å². The van der Waals surface area contributed by atoms with E-state index in [1.54, 1.807) is 0 Å². The summed E-state index contributed by atoms with van der Waals surface area (Å²) in [7, 11) is 1.94. The molecule has 1 aliphatic rings. The van der Waals surface area contributed by atoms with Gasteiger partial charge in [-0.3, -0.25) is 4.68 Å². The largest absolute Gasteiger partial charge is 0.308 e. The van der Waals surface area contributed by atoms with Gasteiger partial charge in [-0.05, 0) is 18.8 Å². The van der Waals surface area contributed by atoms with Gasteiger partial charge in [-0.2, -0.15) is 0 Å². The van der Waals surface area contributed by atoms with Gasteiger partial charge in [0.1, 0.15) is 0 Å². The Hall–Kier alpha value is -0.900. The van der Waals surface area contributed by atoms with Crippen LogP contribution in [0.5, 0.6) is 0 Å². The van der Waals surface area contributed by atoms with Gasteiger partial charge in [0.2, 0.25) is 0 Å². The Balaban J connectivity index is 1.85. The second-order valence-corrected chi connectivity index (χ2v) is 4.44. The molecule has 1 saturated carbocycles. The molecule has 0 amide bonds. The van der Waals surface area contributed by atoms with Crippen molar-refractivity contribution >= 4 is 0 Å². The van der Waals surface area contributed by atoms with Gasteiger partial charge in [-0.25, -0.2) is 0 Å². The summed E-state index contributed by atoms with van der Waals surface area (Å²) in [5.41, 5.74) is 1.16. The summed E-state index contributed by atoms with van der Waals surface area (Å²) in [5.74, 6) is 0.867. The molecule has 1 heterocycles. The minimum atomic E-state index is 0.699. The Morgan fingerprint density at radius 3 is 3.07 bits per heavy atom. The van der Waals surface area contributed by atoms with Crippen LogP contribution in [-0.4, -0.2) is 21.0 Å². The SMILES string of the molecule is CCC1CCCC1NCc1cnnn1C. The normalized spacial score (nSPS) is 26.0. The Bertz CT molecular complexity index is 307. The van der Waals surface area contributed by atoms with Crippen LogP contribution in [0, 0.1) is 5.92 Å². The lowest BCUT2D eigenvalue weighted by atomic mass is 10.0. The standard InChI is InChI=1S/C11H20N4/c1-3-9-5-4-6-11(9)12-7-10-8-13-14-15(10)2/h8-9,11-12H,3-7H2,1-2H3. The average molecular weight is 208 g/mol. The van der Waals surface area contributed by atoms with Gasteiger partial charge in [0.05, 0.1) is 11.9 Å². The third kappa shape index (κ3) is 2.37. The van der Waals surface area contributed by atoms with Gasteiger partial charge in [-0.15, -0.1) is 5.10 Å². The lowest BCUT2D eigenvalue weighted by molar-refractivity contribution is 0.385. The van der Waals surface area contributed by atoms with E-state index in [4.69, 9.17) is 0 Å². The van der Waals surface area contributed by atoms with E-state index in [1.165, 1.54) is 25.7 Å². The molecule has 1 aliphatic carbocycles. The molecule has 1 aromatic rings. The molecule has 0 aliphatic heterocycles. The van der Waals surface area contributed by atoms with Crippen LogP contribution in [0.15, 0.2) is 6.20 Å². The summed E-state index contributed by atoms with van der Waals surface area (Å²) in [4.78, 5) is 0. The summed E-state index contributed by atoms with van der Waals surface area (Å²) in [6, 6.07) is 0.699. The molecule has 4 heteroatoms. The first kappa shape index (κ1) is 10.6. The predicted octanol–water partition coefficient (Wildman–Crippen LogP) is 1.48. The minimum Gasteiger partial charge on any atom is -0.308 e. The quantitative estimate of drug-likeness (QED) is 0.815. The highest BCUT2D eigenvalue weighted by Crippen LogP contribution is 2.28. The van der Waals surface area contributed by atoms with Crippen molar-refractivity contribution in [1.82, 2.24) is 20.3 Å². The van der Waals surface area contributed by atoms with E-state index in [9.17, 15) is 0 Å². The summed E-state index contributed by atoms with van der Waals surface area (Å²) >= 11 is 0. The van der Waals surface area contributed by atoms with E-state index in [0.717, 1.165) is 18.2 Å². The van der Waals surface area contributed by atoms with Crippen molar-refractivity contribution in [2.24, 2.45) is 13.0 Å². The van der Waals surface area contributed by atoms with Crippen molar-refractivity contribution in [3.8, 4) is 0 Å². The van der Waals surface area contributed by atoms with Crippen LogP contribution < -0.4 is 5.32 Å². The topological polar surface area (TPSA) is 42.7 Å². The molecule has 84 valence electrons. The second kappa shape index (κ2) is 4.75. The van der Waals surface area contributed by atoms with Crippen LogP contribution in [0.2, 0.25) is 0 Å². The van der Waals surface area contributed by atoms with Crippen LogP contribution >= 0.6 is 0 Å². The van der Waals surface area contributed by atoms with Gasteiger partial charge < -0.3 is 5.32 Å². The summed E-state index contributed by atoms with van der Waals surface area (Å²) in [5, 5.41) is 11.4. The van der Waals surface area contributed by atoms with Crippen molar-refractivity contribution < 1.29 is 0 Å². The molecule has 15 heavy (non-hydrogen) atoms. The average Bonchev–Trinajstić information content (AvgIpc) is 2.83. The van der Waals surface area contributed by atoms with Crippen LogP contribution in [0.3, 0.4) is 0 Å². The van der Waals surface area contributed by atoms with E-state index in [0.29, 0.717) is 6.04 Å². The van der Waals surface area contributed by atoms with E-state index in [2.05, 4.69) is 22.6 Å². The molecule has 0 aromatic carbocycles. The molecule has 0 bridgehead atoms. The maximum atomic E-state index is 3.93. The number of aryl methyl sites for hydroxylation is 1. The molecular formula is C11H20N4. The summed E-state index contributed by atoms with van der Waals surface area (Å²) in [6.45, 7) is 3.18. The Kier molecular flexibility index (Phi) is 3.36. The molecule has 0 spiro atoms. The number of rotatable bonds is 4. The fourth-order valence-electron chi connectivity index (χ4n) is 2.50. The van der Waals surface area contributed by atoms with Crippen LogP contribution in [0.1, 0.15) is 38.3 Å². The van der Waals surface area contributed by atoms with Crippen molar-refractivity contribution in [3.63, 3.8) is 0 Å². The van der Waals surface area contributed by atoms with Crippen LogP contribution in [0.4, 0.5) is 0 Å². The first-order valence-corrected chi connectivity index (χ1v) is 5.88. The molecule has 4 nitrogen and oxygen atoms in total. The Morgan fingerprint density at radius 1 is 1.53 bits per heavy atom. The number of nitrogens with zero attached hydrogens (tertiary/aromatic N) is 3. The molecular weight excluding hydrogens is 188 g/mol. The molecule has 2 unspecified atom stereocenters. The molecule has 1 N–H and O–H groups in total. The number of hydrogen-bond donors (Lipinski definition) is 1. The molecule has 1 fully saturated rings. The zero-order valence-electron chi connectivity index (χ0n) is 9.61. The van der Waals surface area contributed by atoms with Crippen LogP contribution in [0.25, 0.3) is 0 Å². The van der Waals surface area contributed by atoms with Crippen molar-refractivity contribution in [2.75, 3.05) is 0 Å². The van der Waals surface area contributed by atoms with Crippen molar-refractivity contribution in [2.45, 2.75) is 45.2 Å². The smallest absolute Gasteiger partial charge is 0.0738 e. The highest BCUT2D eigenvalue weighted by Gasteiger charge is 2.25.